The molecule has 4 heteroatoms. The molecule has 0 bridgehead atoms. The summed E-state index contributed by atoms with van der Waals surface area (Å²) in [4.78, 5) is 16.7. The first kappa shape index (κ1) is 14.6. The van der Waals surface area contributed by atoms with Crippen LogP contribution in [0.4, 0.5) is 0 Å². The molecule has 1 aromatic carbocycles. The molecule has 0 radical (unpaired) electrons. The van der Waals surface area contributed by atoms with Crippen molar-refractivity contribution in [2.24, 2.45) is 7.05 Å². The predicted octanol–water partition coefficient (Wildman–Crippen LogP) is 3.23. The first-order chi connectivity index (χ1) is 9.54. The van der Waals surface area contributed by atoms with Crippen LogP contribution in [-0.2, 0) is 7.05 Å². The number of carbonyl (C=O) groups is 1. The minimum Gasteiger partial charge on any atom is -0.352 e. The van der Waals surface area contributed by atoms with Crippen LogP contribution in [0.15, 0.2) is 18.2 Å². The average molecular weight is 273 g/mol. The minimum absolute atomic E-state index is 0.0166. The van der Waals surface area contributed by atoms with Crippen LogP contribution in [0.25, 0.3) is 11.0 Å². The lowest BCUT2D eigenvalue weighted by atomic mass is 10.2. The maximum atomic E-state index is 12.0. The Hall–Kier alpha value is -1.84. The highest BCUT2D eigenvalue weighted by Gasteiger charge is 2.13. The second-order valence-corrected chi connectivity index (χ2v) is 5.50. The fraction of sp³-hybridized carbons (Fsp3) is 0.500. The molecule has 0 atom stereocenters. The monoisotopic (exact) mass is 273 g/mol. The number of nitrogens with zero attached hydrogens (tertiary/aromatic N) is 2. The van der Waals surface area contributed by atoms with Gasteiger partial charge in [-0.3, -0.25) is 4.79 Å². The number of benzene rings is 1. The van der Waals surface area contributed by atoms with Crippen molar-refractivity contribution in [1.82, 2.24) is 14.9 Å². The van der Waals surface area contributed by atoms with Crippen molar-refractivity contribution in [3.8, 4) is 0 Å². The molecule has 4 nitrogen and oxygen atoms in total. The minimum atomic E-state index is -0.0166. The van der Waals surface area contributed by atoms with E-state index < -0.39 is 0 Å². The molecule has 2 rings (SSSR count). The number of rotatable bonds is 5. The second-order valence-electron chi connectivity index (χ2n) is 5.50. The summed E-state index contributed by atoms with van der Waals surface area (Å²) in [6.45, 7) is 7.09. The van der Waals surface area contributed by atoms with E-state index in [4.69, 9.17) is 0 Å². The van der Waals surface area contributed by atoms with Gasteiger partial charge in [-0.05, 0) is 24.6 Å². The van der Waals surface area contributed by atoms with Gasteiger partial charge in [0.05, 0.1) is 11.0 Å². The molecule has 0 fully saturated rings. The number of imidazole rings is 1. The molecule has 108 valence electrons. The van der Waals surface area contributed by atoms with E-state index in [1.165, 1.54) is 0 Å². The smallest absolute Gasteiger partial charge is 0.251 e. The van der Waals surface area contributed by atoms with E-state index in [0.29, 0.717) is 11.5 Å². The molecule has 1 heterocycles. The number of amides is 1. The number of unbranched alkanes of at least 4 members (excludes halogenated alkanes) is 1. The largest absolute Gasteiger partial charge is 0.352 e. The number of fused-ring (bicyclic) bond motifs is 1. The van der Waals surface area contributed by atoms with Crippen LogP contribution in [0.1, 0.15) is 55.7 Å². The Balaban J connectivity index is 2.27. The molecule has 20 heavy (non-hydrogen) atoms. The summed E-state index contributed by atoms with van der Waals surface area (Å²) in [5.41, 5.74) is 2.64. The number of carbonyl (C=O) groups excluding carboxylic acids is 1. The number of hydrogen-bond donors (Lipinski definition) is 1. The Morgan fingerprint density at radius 1 is 1.40 bits per heavy atom. The number of aromatic nitrogens is 2. The van der Waals surface area contributed by atoms with E-state index in [-0.39, 0.29) is 5.91 Å². The topological polar surface area (TPSA) is 46.9 Å². The van der Waals surface area contributed by atoms with Crippen molar-refractivity contribution in [2.75, 3.05) is 6.54 Å². The summed E-state index contributed by atoms with van der Waals surface area (Å²) >= 11 is 0. The Kier molecular flexibility index (Phi) is 4.42. The van der Waals surface area contributed by atoms with E-state index in [1.54, 1.807) is 0 Å². The van der Waals surface area contributed by atoms with E-state index in [9.17, 15) is 4.79 Å². The first-order valence-electron chi connectivity index (χ1n) is 7.29. The second kappa shape index (κ2) is 6.07. The van der Waals surface area contributed by atoms with Crippen molar-refractivity contribution in [3.05, 3.63) is 29.6 Å². The summed E-state index contributed by atoms with van der Waals surface area (Å²) in [6.07, 6.45) is 2.09. The Morgan fingerprint density at radius 3 is 2.80 bits per heavy atom. The van der Waals surface area contributed by atoms with Crippen LogP contribution < -0.4 is 5.32 Å². The molecule has 1 aromatic heterocycles. The molecule has 1 amide bonds. The van der Waals surface area contributed by atoms with Gasteiger partial charge >= 0.3 is 0 Å². The molecule has 0 aliphatic rings. The maximum Gasteiger partial charge on any atom is 0.251 e. The van der Waals surface area contributed by atoms with Crippen LogP contribution in [0.3, 0.4) is 0 Å². The van der Waals surface area contributed by atoms with Crippen LogP contribution in [0.2, 0.25) is 0 Å². The number of aryl methyl sites for hydroxylation is 1. The van der Waals surface area contributed by atoms with Gasteiger partial charge in [0.1, 0.15) is 5.82 Å². The Morgan fingerprint density at radius 2 is 2.15 bits per heavy atom. The van der Waals surface area contributed by atoms with Crippen molar-refractivity contribution in [2.45, 2.75) is 39.5 Å². The normalized spacial score (nSPS) is 11.2. The quantitative estimate of drug-likeness (QED) is 0.850. The molecule has 0 saturated carbocycles. The Bertz CT molecular complexity index is 613. The molecular formula is C16H23N3O. The van der Waals surface area contributed by atoms with Crippen molar-refractivity contribution >= 4 is 16.9 Å². The lowest BCUT2D eigenvalue weighted by Crippen LogP contribution is -2.24. The Labute approximate surface area is 120 Å². The lowest BCUT2D eigenvalue weighted by Gasteiger charge is -2.05. The predicted molar refractivity (Wildman–Crippen MR) is 82.0 cm³/mol. The van der Waals surface area contributed by atoms with Gasteiger partial charge in [0.15, 0.2) is 0 Å². The third kappa shape index (κ3) is 2.84. The third-order valence-electron chi connectivity index (χ3n) is 3.51. The average Bonchev–Trinajstić information content (AvgIpc) is 2.76. The summed E-state index contributed by atoms with van der Waals surface area (Å²) in [6, 6.07) is 5.72. The van der Waals surface area contributed by atoms with Crippen LogP contribution in [0, 0.1) is 0 Å². The van der Waals surface area contributed by atoms with Gasteiger partial charge in [0, 0.05) is 25.1 Å². The van der Waals surface area contributed by atoms with Crippen LogP contribution in [-0.4, -0.2) is 22.0 Å². The van der Waals surface area contributed by atoms with Gasteiger partial charge in [-0.15, -0.1) is 0 Å². The van der Waals surface area contributed by atoms with E-state index in [0.717, 1.165) is 36.2 Å². The van der Waals surface area contributed by atoms with Crippen molar-refractivity contribution in [1.29, 1.82) is 0 Å². The van der Waals surface area contributed by atoms with Gasteiger partial charge < -0.3 is 9.88 Å². The molecule has 0 spiro atoms. The fourth-order valence-electron chi connectivity index (χ4n) is 2.36. The van der Waals surface area contributed by atoms with E-state index >= 15 is 0 Å². The van der Waals surface area contributed by atoms with Gasteiger partial charge in [-0.2, -0.15) is 0 Å². The van der Waals surface area contributed by atoms with E-state index in [1.807, 2.05) is 25.2 Å². The molecule has 1 N–H and O–H groups in total. The zero-order chi connectivity index (χ0) is 14.7. The van der Waals surface area contributed by atoms with Gasteiger partial charge in [0.2, 0.25) is 0 Å². The summed E-state index contributed by atoms with van der Waals surface area (Å²) in [5, 5.41) is 2.94. The van der Waals surface area contributed by atoms with Gasteiger partial charge in [-0.25, -0.2) is 4.98 Å². The first-order valence-corrected chi connectivity index (χ1v) is 7.29. The van der Waals surface area contributed by atoms with Crippen molar-refractivity contribution in [3.63, 3.8) is 0 Å². The van der Waals surface area contributed by atoms with Crippen molar-refractivity contribution < 1.29 is 4.79 Å². The highest BCUT2D eigenvalue weighted by Crippen LogP contribution is 2.21. The fourth-order valence-corrected chi connectivity index (χ4v) is 2.36. The van der Waals surface area contributed by atoms with Gasteiger partial charge in [0.25, 0.3) is 5.91 Å². The number of hydrogen-bond acceptors (Lipinski definition) is 2. The SMILES string of the molecule is CCCCNC(=O)c1ccc2c(c1)nc(C(C)C)n2C. The zero-order valence-corrected chi connectivity index (χ0v) is 12.7. The summed E-state index contributed by atoms with van der Waals surface area (Å²) < 4.78 is 2.10. The summed E-state index contributed by atoms with van der Waals surface area (Å²) in [5.74, 6) is 1.40. The zero-order valence-electron chi connectivity index (χ0n) is 12.7. The molecule has 0 unspecified atom stereocenters. The van der Waals surface area contributed by atoms with Crippen LogP contribution >= 0.6 is 0 Å². The van der Waals surface area contributed by atoms with E-state index in [2.05, 4.69) is 35.6 Å². The van der Waals surface area contributed by atoms with Crippen LogP contribution in [0.5, 0.6) is 0 Å². The molecule has 0 aliphatic carbocycles. The molecule has 2 aromatic rings. The molecular weight excluding hydrogens is 250 g/mol. The molecule has 0 aliphatic heterocycles. The standard InChI is InChI=1S/C16H23N3O/c1-5-6-9-17-16(20)12-7-8-14-13(10-12)18-15(11(2)3)19(14)4/h7-8,10-11H,5-6,9H2,1-4H3,(H,17,20). The van der Waals surface area contributed by atoms with Gasteiger partial charge in [-0.1, -0.05) is 27.2 Å². The molecule has 0 saturated heterocycles. The third-order valence-corrected chi connectivity index (χ3v) is 3.51. The summed E-state index contributed by atoms with van der Waals surface area (Å²) in [7, 11) is 2.02. The highest BCUT2D eigenvalue weighted by atomic mass is 16.1. The lowest BCUT2D eigenvalue weighted by molar-refractivity contribution is 0.0953. The maximum absolute atomic E-state index is 12.0. The highest BCUT2D eigenvalue weighted by molar-refractivity contribution is 5.97. The number of nitrogens with one attached hydrogen (secondary N) is 1.